The van der Waals surface area contributed by atoms with Gasteiger partial charge < -0.3 is 21.7 Å². The first-order valence-corrected chi connectivity index (χ1v) is 6.83. The highest BCUT2D eigenvalue weighted by molar-refractivity contribution is 5.91. The number of benzene rings is 1. The molecule has 0 aromatic heterocycles. The van der Waals surface area contributed by atoms with E-state index in [1.807, 2.05) is 6.07 Å². The van der Waals surface area contributed by atoms with E-state index in [4.69, 9.17) is 11.5 Å². The van der Waals surface area contributed by atoms with Crippen molar-refractivity contribution in [2.45, 2.75) is 25.9 Å². The fourth-order valence-electron chi connectivity index (χ4n) is 2.82. The Morgan fingerprint density at radius 2 is 1.95 bits per heavy atom. The van der Waals surface area contributed by atoms with Gasteiger partial charge in [-0.05, 0) is 38.3 Å². The van der Waals surface area contributed by atoms with Crippen LogP contribution in [0.25, 0.3) is 6.08 Å². The summed E-state index contributed by atoms with van der Waals surface area (Å²) in [6.07, 6.45) is 3.99. The van der Waals surface area contributed by atoms with Gasteiger partial charge in [0.2, 0.25) is 0 Å². The molecule has 108 valence electrons. The fourth-order valence-corrected chi connectivity index (χ4v) is 2.82. The maximum Gasteiger partial charge on any atom is 0.152 e. The van der Waals surface area contributed by atoms with Crippen molar-refractivity contribution in [2.75, 3.05) is 23.7 Å². The normalized spacial score (nSPS) is 23.2. The van der Waals surface area contributed by atoms with Gasteiger partial charge in [0.25, 0.3) is 0 Å². The van der Waals surface area contributed by atoms with Crippen molar-refractivity contribution in [1.82, 2.24) is 5.32 Å². The first kappa shape index (κ1) is 14.4. The minimum absolute atomic E-state index is 0.403. The Morgan fingerprint density at radius 1 is 1.30 bits per heavy atom. The number of anilines is 2. The molecule has 1 heterocycles. The maximum absolute atomic E-state index is 11.0. The molecule has 5 heteroatoms. The Morgan fingerprint density at radius 3 is 2.50 bits per heavy atom. The molecule has 0 aliphatic carbocycles. The van der Waals surface area contributed by atoms with Gasteiger partial charge in [0, 0.05) is 42.0 Å². The quantitative estimate of drug-likeness (QED) is 0.569. The van der Waals surface area contributed by atoms with Gasteiger partial charge in [0.1, 0.15) is 0 Å². The molecule has 1 saturated heterocycles. The molecule has 0 radical (unpaired) electrons. The van der Waals surface area contributed by atoms with Crippen LogP contribution in [0.1, 0.15) is 29.8 Å². The monoisotopic (exact) mass is 274 g/mol. The summed E-state index contributed by atoms with van der Waals surface area (Å²) in [6, 6.07) is 4.52. The Kier molecular flexibility index (Phi) is 4.29. The third-order valence-electron chi connectivity index (χ3n) is 3.59. The number of piperazine rings is 1. The molecule has 1 aromatic carbocycles. The number of hydrogen-bond acceptors (Lipinski definition) is 5. The summed E-state index contributed by atoms with van der Waals surface area (Å²) in [5.74, 6) is 0. The summed E-state index contributed by atoms with van der Waals surface area (Å²) in [5.41, 5.74) is 14.4. The summed E-state index contributed by atoms with van der Waals surface area (Å²) in [6.45, 7) is 6.11. The number of nitrogens with one attached hydrogen (secondary N) is 1. The molecule has 1 aliphatic rings. The van der Waals surface area contributed by atoms with E-state index >= 15 is 0 Å². The van der Waals surface area contributed by atoms with Crippen molar-refractivity contribution in [1.29, 1.82) is 0 Å². The summed E-state index contributed by atoms with van der Waals surface area (Å²) in [5, 5.41) is 3.50. The van der Waals surface area contributed by atoms with Gasteiger partial charge in [0.05, 0.1) is 5.69 Å². The number of carbonyl (C=O) groups excluding carboxylic acids is 1. The largest absolute Gasteiger partial charge is 0.405 e. The SMILES string of the molecule is CC1CN(c2ccc(C=O)c(N)c2/C=C\N)CC(C)N1. The second-order valence-electron chi connectivity index (χ2n) is 5.35. The van der Waals surface area contributed by atoms with E-state index in [1.54, 1.807) is 12.1 Å². The zero-order valence-electron chi connectivity index (χ0n) is 12.0. The van der Waals surface area contributed by atoms with Gasteiger partial charge in [-0.3, -0.25) is 4.79 Å². The number of aldehydes is 1. The van der Waals surface area contributed by atoms with Crippen LogP contribution in [0.3, 0.4) is 0 Å². The molecule has 1 fully saturated rings. The van der Waals surface area contributed by atoms with E-state index in [2.05, 4.69) is 24.1 Å². The van der Waals surface area contributed by atoms with Crippen LogP contribution in [-0.2, 0) is 0 Å². The third kappa shape index (κ3) is 2.77. The van der Waals surface area contributed by atoms with Crippen LogP contribution in [0.5, 0.6) is 0 Å². The van der Waals surface area contributed by atoms with E-state index in [0.717, 1.165) is 30.6 Å². The molecule has 0 amide bonds. The maximum atomic E-state index is 11.0. The molecule has 1 aliphatic heterocycles. The minimum Gasteiger partial charge on any atom is -0.405 e. The van der Waals surface area contributed by atoms with Crippen LogP contribution >= 0.6 is 0 Å². The van der Waals surface area contributed by atoms with Crippen molar-refractivity contribution < 1.29 is 4.79 Å². The Balaban J connectivity index is 2.45. The lowest BCUT2D eigenvalue weighted by atomic mass is 10.0. The molecule has 0 bridgehead atoms. The first-order chi connectivity index (χ1) is 9.56. The van der Waals surface area contributed by atoms with Crippen LogP contribution in [0.2, 0.25) is 0 Å². The highest BCUT2D eigenvalue weighted by Gasteiger charge is 2.23. The van der Waals surface area contributed by atoms with Crippen molar-refractivity contribution in [3.63, 3.8) is 0 Å². The van der Waals surface area contributed by atoms with Crippen LogP contribution < -0.4 is 21.7 Å². The van der Waals surface area contributed by atoms with Gasteiger partial charge in [-0.2, -0.15) is 0 Å². The molecular weight excluding hydrogens is 252 g/mol. The molecular formula is C15H22N4O. The summed E-state index contributed by atoms with van der Waals surface area (Å²) < 4.78 is 0. The van der Waals surface area contributed by atoms with E-state index in [9.17, 15) is 4.79 Å². The summed E-state index contributed by atoms with van der Waals surface area (Å²) >= 11 is 0. The van der Waals surface area contributed by atoms with Crippen molar-refractivity contribution >= 4 is 23.7 Å². The molecule has 1 aromatic rings. The average Bonchev–Trinajstić information content (AvgIpc) is 2.40. The van der Waals surface area contributed by atoms with Crippen LogP contribution in [0, 0.1) is 0 Å². The van der Waals surface area contributed by atoms with E-state index in [0.29, 0.717) is 23.3 Å². The van der Waals surface area contributed by atoms with Crippen LogP contribution in [0.15, 0.2) is 18.3 Å². The standard InChI is InChI=1S/C15H22N4O/c1-10-7-19(8-11(2)18-10)14-4-3-12(9-20)15(17)13(14)5-6-16/h3-6,9-11,18H,7-8,16-17H2,1-2H3/b6-5-. The lowest BCUT2D eigenvalue weighted by Crippen LogP contribution is -2.54. The molecule has 2 unspecified atom stereocenters. The van der Waals surface area contributed by atoms with Gasteiger partial charge in [-0.1, -0.05) is 0 Å². The lowest BCUT2D eigenvalue weighted by Gasteiger charge is -2.38. The Labute approximate surface area is 119 Å². The number of nitrogens with two attached hydrogens (primary N) is 2. The summed E-state index contributed by atoms with van der Waals surface area (Å²) in [4.78, 5) is 13.3. The fraction of sp³-hybridized carbons (Fsp3) is 0.400. The predicted molar refractivity (Wildman–Crippen MR) is 83.7 cm³/mol. The number of nitrogen functional groups attached to an aromatic ring is 1. The van der Waals surface area contributed by atoms with Gasteiger partial charge in [-0.25, -0.2) is 0 Å². The molecule has 0 saturated carbocycles. The number of rotatable bonds is 3. The topological polar surface area (TPSA) is 84.4 Å². The molecule has 5 nitrogen and oxygen atoms in total. The van der Waals surface area contributed by atoms with Crippen molar-refractivity contribution in [2.24, 2.45) is 5.73 Å². The third-order valence-corrected chi connectivity index (χ3v) is 3.59. The summed E-state index contributed by atoms with van der Waals surface area (Å²) in [7, 11) is 0. The first-order valence-electron chi connectivity index (χ1n) is 6.83. The smallest absolute Gasteiger partial charge is 0.152 e. The van der Waals surface area contributed by atoms with E-state index < -0.39 is 0 Å². The zero-order valence-corrected chi connectivity index (χ0v) is 12.0. The van der Waals surface area contributed by atoms with Crippen molar-refractivity contribution in [3.05, 3.63) is 29.5 Å². The number of hydrogen-bond donors (Lipinski definition) is 3. The molecule has 2 atom stereocenters. The van der Waals surface area contributed by atoms with Gasteiger partial charge in [0.15, 0.2) is 6.29 Å². The predicted octanol–water partition coefficient (Wildman–Crippen LogP) is 1.20. The number of nitrogens with zero attached hydrogens (tertiary/aromatic N) is 1. The Hall–Kier alpha value is -2.01. The zero-order chi connectivity index (χ0) is 14.7. The molecule has 5 N–H and O–H groups in total. The highest BCUT2D eigenvalue weighted by Crippen LogP contribution is 2.30. The van der Waals surface area contributed by atoms with Gasteiger partial charge in [-0.15, -0.1) is 0 Å². The van der Waals surface area contributed by atoms with E-state index in [1.165, 1.54) is 6.20 Å². The van der Waals surface area contributed by atoms with Crippen LogP contribution in [0.4, 0.5) is 11.4 Å². The van der Waals surface area contributed by atoms with E-state index in [-0.39, 0.29) is 0 Å². The van der Waals surface area contributed by atoms with Crippen molar-refractivity contribution in [3.8, 4) is 0 Å². The second kappa shape index (κ2) is 5.96. The minimum atomic E-state index is 0.403. The molecule has 20 heavy (non-hydrogen) atoms. The molecule has 0 spiro atoms. The van der Waals surface area contributed by atoms with Crippen LogP contribution in [-0.4, -0.2) is 31.5 Å². The Bertz CT molecular complexity index is 517. The highest BCUT2D eigenvalue weighted by atomic mass is 16.1. The average molecular weight is 274 g/mol. The van der Waals surface area contributed by atoms with Gasteiger partial charge >= 0.3 is 0 Å². The molecule has 2 rings (SSSR count). The second-order valence-corrected chi connectivity index (χ2v) is 5.35. The number of carbonyl (C=O) groups is 1. The lowest BCUT2D eigenvalue weighted by molar-refractivity contribution is 0.112.